The van der Waals surface area contributed by atoms with Crippen LogP contribution in [-0.4, -0.2) is 54.1 Å². The van der Waals surface area contributed by atoms with Crippen LogP contribution in [0.4, 0.5) is 5.82 Å². The van der Waals surface area contributed by atoms with Crippen molar-refractivity contribution in [2.24, 2.45) is 5.92 Å². The van der Waals surface area contributed by atoms with Crippen LogP contribution in [0, 0.1) is 5.92 Å². The number of carbonyl (C=O) groups is 1. The van der Waals surface area contributed by atoms with E-state index in [4.69, 9.17) is 16.3 Å². The third kappa shape index (κ3) is 4.85. The highest BCUT2D eigenvalue weighted by Crippen LogP contribution is 2.22. The van der Waals surface area contributed by atoms with Crippen molar-refractivity contribution in [3.05, 3.63) is 47.9 Å². The van der Waals surface area contributed by atoms with Gasteiger partial charge in [0.15, 0.2) is 0 Å². The number of piperidine rings is 1. The second-order valence-electron chi connectivity index (χ2n) is 6.39. The van der Waals surface area contributed by atoms with Crippen molar-refractivity contribution in [3.63, 3.8) is 0 Å². The number of carbonyl (C=O) groups excluding carboxylic acids is 1. The zero-order chi connectivity index (χ0) is 18.4. The third-order valence-corrected chi connectivity index (χ3v) is 4.86. The number of anilines is 1. The topological polar surface area (TPSA) is 58.6 Å². The van der Waals surface area contributed by atoms with E-state index in [0.717, 1.165) is 37.5 Å². The molecule has 2 heterocycles. The Kier molecular flexibility index (Phi) is 6.28. The predicted molar refractivity (Wildman–Crippen MR) is 102 cm³/mol. The SMILES string of the molecule is CN(CCOc1ccc(Cl)cc1)C(=O)C1CCN(c2cnccn2)CC1. The van der Waals surface area contributed by atoms with E-state index < -0.39 is 0 Å². The van der Waals surface area contributed by atoms with Gasteiger partial charge in [0, 0.05) is 43.5 Å². The summed E-state index contributed by atoms with van der Waals surface area (Å²) in [6.45, 7) is 2.67. The molecule has 6 nitrogen and oxygen atoms in total. The zero-order valence-electron chi connectivity index (χ0n) is 14.8. The number of rotatable bonds is 6. The van der Waals surface area contributed by atoms with Crippen LogP contribution in [0.25, 0.3) is 0 Å². The number of aromatic nitrogens is 2. The maximum Gasteiger partial charge on any atom is 0.225 e. The lowest BCUT2D eigenvalue weighted by Crippen LogP contribution is -2.42. The van der Waals surface area contributed by atoms with Crippen LogP contribution in [-0.2, 0) is 4.79 Å². The Labute approximate surface area is 158 Å². The van der Waals surface area contributed by atoms with Crippen LogP contribution in [0.3, 0.4) is 0 Å². The molecule has 2 aromatic rings. The lowest BCUT2D eigenvalue weighted by molar-refractivity contribution is -0.135. The smallest absolute Gasteiger partial charge is 0.225 e. The van der Waals surface area contributed by atoms with Gasteiger partial charge in [0.1, 0.15) is 18.2 Å². The fourth-order valence-electron chi connectivity index (χ4n) is 3.06. The second-order valence-corrected chi connectivity index (χ2v) is 6.82. The normalized spacial score (nSPS) is 14.9. The summed E-state index contributed by atoms with van der Waals surface area (Å²) in [5.41, 5.74) is 0. The van der Waals surface area contributed by atoms with Crippen LogP contribution >= 0.6 is 11.6 Å². The second kappa shape index (κ2) is 8.85. The van der Waals surface area contributed by atoms with Crippen LogP contribution in [0.5, 0.6) is 5.75 Å². The number of ether oxygens (including phenoxy) is 1. The zero-order valence-corrected chi connectivity index (χ0v) is 15.6. The van der Waals surface area contributed by atoms with Crippen LogP contribution < -0.4 is 9.64 Å². The van der Waals surface area contributed by atoms with Crippen molar-refractivity contribution in [1.29, 1.82) is 0 Å². The molecule has 1 aliphatic heterocycles. The first-order chi connectivity index (χ1) is 12.6. The summed E-state index contributed by atoms with van der Waals surface area (Å²) in [7, 11) is 1.84. The fourth-order valence-corrected chi connectivity index (χ4v) is 3.19. The quantitative estimate of drug-likeness (QED) is 0.778. The molecule has 0 bridgehead atoms. The number of hydrogen-bond acceptors (Lipinski definition) is 5. The highest BCUT2D eigenvalue weighted by Gasteiger charge is 2.27. The van der Waals surface area contributed by atoms with E-state index in [1.807, 2.05) is 19.2 Å². The molecule has 3 rings (SSSR count). The Morgan fingerprint density at radius 2 is 2.00 bits per heavy atom. The maximum absolute atomic E-state index is 12.6. The van der Waals surface area contributed by atoms with E-state index in [-0.39, 0.29) is 11.8 Å². The van der Waals surface area contributed by atoms with Gasteiger partial charge in [-0.2, -0.15) is 0 Å². The standard InChI is InChI=1S/C19H23ClN4O2/c1-23(12-13-26-17-4-2-16(20)3-5-17)19(25)15-6-10-24(11-7-15)18-14-21-8-9-22-18/h2-5,8-9,14-15H,6-7,10-13H2,1H3. The van der Waals surface area contributed by atoms with E-state index in [2.05, 4.69) is 14.9 Å². The molecule has 26 heavy (non-hydrogen) atoms. The average Bonchev–Trinajstić information content (AvgIpc) is 2.69. The number of hydrogen-bond donors (Lipinski definition) is 0. The Balaban J connectivity index is 1.42. The summed E-state index contributed by atoms with van der Waals surface area (Å²) in [5.74, 6) is 1.88. The van der Waals surface area contributed by atoms with Crippen LogP contribution in [0.1, 0.15) is 12.8 Å². The lowest BCUT2D eigenvalue weighted by atomic mass is 9.95. The molecule has 0 unspecified atom stereocenters. The first kappa shape index (κ1) is 18.5. The monoisotopic (exact) mass is 374 g/mol. The predicted octanol–water partition coefficient (Wildman–Crippen LogP) is 2.88. The third-order valence-electron chi connectivity index (χ3n) is 4.60. The van der Waals surface area contributed by atoms with Crippen molar-refractivity contribution in [1.82, 2.24) is 14.9 Å². The van der Waals surface area contributed by atoms with Gasteiger partial charge in [-0.05, 0) is 37.1 Å². The summed E-state index contributed by atoms with van der Waals surface area (Å²) in [6.07, 6.45) is 6.79. The first-order valence-electron chi connectivity index (χ1n) is 8.78. The molecule has 1 aromatic heterocycles. The molecular weight excluding hydrogens is 352 g/mol. The largest absolute Gasteiger partial charge is 0.492 e. The molecule has 1 amide bonds. The summed E-state index contributed by atoms with van der Waals surface area (Å²) in [5, 5.41) is 0.678. The van der Waals surface area contributed by atoms with E-state index in [9.17, 15) is 4.79 Å². The molecule has 0 atom stereocenters. The Bertz CT molecular complexity index is 703. The molecule has 0 spiro atoms. The minimum atomic E-state index is 0.0588. The summed E-state index contributed by atoms with van der Waals surface area (Å²) < 4.78 is 5.67. The average molecular weight is 375 g/mol. The minimum Gasteiger partial charge on any atom is -0.492 e. The number of amides is 1. The Morgan fingerprint density at radius 3 is 2.65 bits per heavy atom. The molecule has 138 valence electrons. The van der Waals surface area contributed by atoms with Crippen molar-refractivity contribution < 1.29 is 9.53 Å². The summed E-state index contributed by atoms with van der Waals surface area (Å²) >= 11 is 5.85. The van der Waals surface area contributed by atoms with Gasteiger partial charge in [-0.3, -0.25) is 9.78 Å². The fraction of sp³-hybridized carbons (Fsp3) is 0.421. The van der Waals surface area contributed by atoms with Gasteiger partial charge in [-0.1, -0.05) is 11.6 Å². The molecule has 0 radical (unpaired) electrons. The van der Waals surface area contributed by atoms with Gasteiger partial charge < -0.3 is 14.5 Å². The summed E-state index contributed by atoms with van der Waals surface area (Å²) in [6, 6.07) is 7.23. The van der Waals surface area contributed by atoms with Crippen molar-refractivity contribution >= 4 is 23.3 Å². The number of halogens is 1. The molecule has 1 aliphatic rings. The van der Waals surface area contributed by atoms with Gasteiger partial charge in [0.05, 0.1) is 12.7 Å². The molecule has 0 N–H and O–H groups in total. The minimum absolute atomic E-state index is 0.0588. The van der Waals surface area contributed by atoms with E-state index in [1.54, 1.807) is 35.6 Å². The van der Waals surface area contributed by atoms with Crippen LogP contribution in [0.15, 0.2) is 42.9 Å². The molecular formula is C19H23ClN4O2. The van der Waals surface area contributed by atoms with E-state index in [0.29, 0.717) is 18.2 Å². The first-order valence-corrected chi connectivity index (χ1v) is 9.15. The molecule has 7 heteroatoms. The van der Waals surface area contributed by atoms with Gasteiger partial charge in [-0.15, -0.1) is 0 Å². The van der Waals surface area contributed by atoms with Crippen molar-refractivity contribution in [2.45, 2.75) is 12.8 Å². The van der Waals surface area contributed by atoms with E-state index in [1.165, 1.54) is 0 Å². The van der Waals surface area contributed by atoms with Gasteiger partial charge >= 0.3 is 0 Å². The van der Waals surface area contributed by atoms with Gasteiger partial charge in [-0.25, -0.2) is 4.98 Å². The number of likely N-dealkylation sites (N-methyl/N-ethyl adjacent to an activating group) is 1. The summed E-state index contributed by atoms with van der Waals surface area (Å²) in [4.78, 5) is 25.0. The van der Waals surface area contributed by atoms with E-state index >= 15 is 0 Å². The molecule has 0 aliphatic carbocycles. The Hall–Kier alpha value is -2.34. The Morgan fingerprint density at radius 1 is 1.27 bits per heavy atom. The van der Waals surface area contributed by atoms with Crippen molar-refractivity contribution in [2.75, 3.05) is 38.2 Å². The van der Waals surface area contributed by atoms with Crippen LogP contribution in [0.2, 0.25) is 5.02 Å². The number of nitrogens with zero attached hydrogens (tertiary/aromatic N) is 4. The molecule has 1 fully saturated rings. The highest BCUT2D eigenvalue weighted by atomic mass is 35.5. The lowest BCUT2D eigenvalue weighted by Gasteiger charge is -2.33. The highest BCUT2D eigenvalue weighted by molar-refractivity contribution is 6.30. The van der Waals surface area contributed by atoms with Gasteiger partial charge in [0.2, 0.25) is 5.91 Å². The number of benzene rings is 1. The maximum atomic E-state index is 12.6. The molecule has 0 saturated carbocycles. The van der Waals surface area contributed by atoms with Gasteiger partial charge in [0.25, 0.3) is 0 Å². The van der Waals surface area contributed by atoms with Crippen molar-refractivity contribution in [3.8, 4) is 5.75 Å². The molecule has 1 aromatic carbocycles. The molecule has 1 saturated heterocycles.